The summed E-state index contributed by atoms with van der Waals surface area (Å²) in [5, 5.41) is 2.66. The minimum atomic E-state index is 0. The molecule has 3 heteroatoms. The number of hydrogen-bond acceptors (Lipinski definition) is 0. The van der Waals surface area contributed by atoms with E-state index in [0.29, 0.717) is 11.8 Å². The molecule has 4 rings (SSSR count). The molecule has 2 unspecified atom stereocenters. The van der Waals surface area contributed by atoms with Gasteiger partial charge in [0.05, 0.1) is 0 Å². The van der Waals surface area contributed by atoms with Crippen LogP contribution >= 0.6 is 0 Å². The van der Waals surface area contributed by atoms with E-state index in [9.17, 15) is 0 Å². The zero-order chi connectivity index (χ0) is 16.1. The first-order chi connectivity index (χ1) is 11.3. The van der Waals surface area contributed by atoms with E-state index in [-0.39, 0.29) is 51.0 Å². The first-order valence-electron chi connectivity index (χ1n) is 8.50. The predicted molar refractivity (Wildman–Crippen MR) is 102 cm³/mol. The zero-order valence-electron chi connectivity index (χ0n) is 15.2. The molecule has 0 spiro atoms. The van der Waals surface area contributed by atoms with Crippen LogP contribution in [-0.4, -0.2) is 0 Å². The van der Waals surface area contributed by atoms with Crippen LogP contribution in [0.1, 0.15) is 37.3 Å². The van der Waals surface area contributed by atoms with Crippen LogP contribution in [0.2, 0.25) is 0 Å². The van der Waals surface area contributed by atoms with Gasteiger partial charge in [-0.05, 0) is 5.56 Å². The van der Waals surface area contributed by atoms with E-state index < -0.39 is 0 Å². The summed E-state index contributed by atoms with van der Waals surface area (Å²) >= 11 is 0. The van der Waals surface area contributed by atoms with Gasteiger partial charge in [0.1, 0.15) is 0 Å². The monoisotopic (exact) mass is 460 g/mol. The molecule has 0 saturated carbocycles. The minimum absolute atomic E-state index is 0. The molecule has 1 aliphatic carbocycles. The van der Waals surface area contributed by atoms with Crippen molar-refractivity contribution in [2.24, 2.45) is 5.92 Å². The van der Waals surface area contributed by atoms with Gasteiger partial charge in [0, 0.05) is 0 Å². The molecule has 0 bridgehead atoms. The maximum Gasteiger partial charge on any atom is 4.00 e. The summed E-state index contributed by atoms with van der Waals surface area (Å²) in [5.74, 6) is 1.25. The SMILES string of the molecule is CCC(C)[CH-]C1C=Cc2ccccc21.[Cl-].[Cl-].[Zr+4].c1ccc2[cH-]ccc2c1. The van der Waals surface area contributed by atoms with Crippen LogP contribution in [0.15, 0.2) is 72.8 Å². The van der Waals surface area contributed by atoms with Crippen molar-refractivity contribution in [3.63, 3.8) is 0 Å². The van der Waals surface area contributed by atoms with Gasteiger partial charge in [-0.25, -0.2) is 0 Å². The van der Waals surface area contributed by atoms with Crippen LogP contribution in [0, 0.1) is 12.3 Å². The molecule has 0 fully saturated rings. The second kappa shape index (κ2) is 12.6. The van der Waals surface area contributed by atoms with E-state index in [2.05, 4.69) is 99.2 Å². The van der Waals surface area contributed by atoms with Gasteiger partial charge in [0.2, 0.25) is 0 Å². The molecule has 0 nitrogen and oxygen atoms in total. The van der Waals surface area contributed by atoms with Gasteiger partial charge >= 0.3 is 26.2 Å². The van der Waals surface area contributed by atoms with Gasteiger partial charge in [-0.3, -0.25) is 0 Å². The Morgan fingerprint density at radius 1 is 1.00 bits per heavy atom. The largest absolute Gasteiger partial charge is 4.00 e. The van der Waals surface area contributed by atoms with E-state index >= 15 is 0 Å². The van der Waals surface area contributed by atoms with Crippen LogP contribution in [0.3, 0.4) is 0 Å². The quantitative estimate of drug-likeness (QED) is 0.501. The van der Waals surface area contributed by atoms with Crippen molar-refractivity contribution >= 4 is 16.8 Å². The van der Waals surface area contributed by atoms with Crippen molar-refractivity contribution in [2.45, 2.75) is 26.2 Å². The van der Waals surface area contributed by atoms with Gasteiger partial charge in [0.25, 0.3) is 0 Å². The average molecular weight is 463 g/mol. The molecule has 1 aliphatic rings. The maximum absolute atomic E-state index is 2.45. The fourth-order valence-corrected chi connectivity index (χ4v) is 3.00. The Bertz CT molecular complexity index is 761. The fraction of sp³-hybridized carbons (Fsp3) is 0.217. The number of benzene rings is 2. The summed E-state index contributed by atoms with van der Waals surface area (Å²) in [6, 6.07) is 23.3. The molecule has 0 amide bonds. The number of hydrogen-bond donors (Lipinski definition) is 0. The molecular weight excluding hydrogens is 438 g/mol. The van der Waals surface area contributed by atoms with Gasteiger partial charge in [-0.2, -0.15) is 23.4 Å². The maximum atomic E-state index is 2.45. The van der Waals surface area contributed by atoms with Crippen molar-refractivity contribution < 1.29 is 51.0 Å². The number of rotatable bonds is 3. The Morgan fingerprint density at radius 3 is 2.42 bits per heavy atom. The van der Waals surface area contributed by atoms with Crippen LogP contribution < -0.4 is 24.8 Å². The Labute approximate surface area is 189 Å². The van der Waals surface area contributed by atoms with Crippen molar-refractivity contribution in [2.75, 3.05) is 0 Å². The van der Waals surface area contributed by atoms with Crippen molar-refractivity contribution in [3.05, 3.63) is 90.4 Å². The topological polar surface area (TPSA) is 0 Å². The third-order valence-electron chi connectivity index (χ3n) is 4.57. The van der Waals surface area contributed by atoms with Gasteiger partial charge in [0.15, 0.2) is 0 Å². The van der Waals surface area contributed by atoms with Crippen LogP contribution in [-0.2, 0) is 26.2 Å². The standard InChI is InChI=1S/C14H17.C9H7.2ClH.Zr/c1-3-11(2)10-13-9-8-12-6-4-5-7-14(12)13;1-2-5-9-7-3-6-8(9)4-1;;;/h4-11,13H,3H2,1-2H3;1-7H;2*1H;/q2*-1;;;+4/p-2. The third-order valence-corrected chi connectivity index (χ3v) is 4.57. The molecular formula is C23H24Cl2Zr. The Balaban J connectivity index is 0.000000460. The molecule has 0 aliphatic heterocycles. The normalized spacial score (nSPS) is 14.8. The number of allylic oxidation sites excluding steroid dienone is 1. The summed E-state index contributed by atoms with van der Waals surface area (Å²) in [6.07, 6.45) is 8.21. The zero-order valence-corrected chi connectivity index (χ0v) is 19.2. The summed E-state index contributed by atoms with van der Waals surface area (Å²) in [5.41, 5.74) is 2.85. The fourth-order valence-electron chi connectivity index (χ4n) is 3.00. The molecule has 0 aromatic heterocycles. The van der Waals surface area contributed by atoms with E-state index in [1.807, 2.05) is 0 Å². The third kappa shape index (κ3) is 6.45. The van der Waals surface area contributed by atoms with E-state index in [1.54, 1.807) is 0 Å². The summed E-state index contributed by atoms with van der Waals surface area (Å²) in [7, 11) is 0. The number of fused-ring (bicyclic) bond motifs is 2. The van der Waals surface area contributed by atoms with Gasteiger partial charge in [-0.15, -0.1) is 41.6 Å². The minimum Gasteiger partial charge on any atom is -1.00 e. The predicted octanol–water partition coefficient (Wildman–Crippen LogP) is 0.612. The molecule has 134 valence electrons. The molecule has 3 aromatic rings. The second-order valence-corrected chi connectivity index (χ2v) is 6.25. The second-order valence-electron chi connectivity index (χ2n) is 6.25. The molecule has 0 saturated heterocycles. The Kier molecular flexibility index (Phi) is 12.2. The first kappa shape index (κ1) is 25.3. The smallest absolute Gasteiger partial charge is 1.00 e. The molecule has 0 N–H and O–H groups in total. The van der Waals surface area contributed by atoms with Crippen molar-refractivity contribution in [1.82, 2.24) is 0 Å². The van der Waals surface area contributed by atoms with Crippen molar-refractivity contribution in [3.8, 4) is 0 Å². The van der Waals surface area contributed by atoms with Gasteiger partial charge < -0.3 is 31.2 Å². The van der Waals surface area contributed by atoms with Gasteiger partial charge in [-0.1, -0.05) is 62.2 Å². The van der Waals surface area contributed by atoms with Crippen LogP contribution in [0.25, 0.3) is 16.8 Å². The molecule has 3 aromatic carbocycles. The summed E-state index contributed by atoms with van der Waals surface area (Å²) in [6.45, 7) is 4.53. The number of halogens is 2. The average Bonchev–Trinajstić information content (AvgIpc) is 3.22. The molecule has 0 radical (unpaired) electrons. The first-order valence-corrected chi connectivity index (χ1v) is 8.50. The molecule has 2 atom stereocenters. The van der Waals surface area contributed by atoms with E-state index in [0.717, 1.165) is 0 Å². The summed E-state index contributed by atoms with van der Waals surface area (Å²) in [4.78, 5) is 0. The summed E-state index contributed by atoms with van der Waals surface area (Å²) < 4.78 is 0. The van der Waals surface area contributed by atoms with Crippen molar-refractivity contribution in [1.29, 1.82) is 0 Å². The Morgan fingerprint density at radius 2 is 1.69 bits per heavy atom. The van der Waals surface area contributed by atoms with E-state index in [4.69, 9.17) is 0 Å². The van der Waals surface area contributed by atoms with Crippen LogP contribution in [0.4, 0.5) is 0 Å². The van der Waals surface area contributed by atoms with Crippen LogP contribution in [0.5, 0.6) is 0 Å². The van der Waals surface area contributed by atoms with E-state index in [1.165, 1.54) is 28.3 Å². The molecule has 26 heavy (non-hydrogen) atoms. The molecule has 0 heterocycles. The Hall–Kier alpha value is -0.747.